The molecule has 1 aliphatic rings. The monoisotopic (exact) mass is 1290 g/mol. The Balaban J connectivity index is 1.44. The number of rotatable bonds is 40. The molecule has 2 aromatic rings. The van der Waals surface area contributed by atoms with Gasteiger partial charge in [0.15, 0.2) is 6.61 Å². The molecule has 91 heavy (non-hydrogen) atoms. The van der Waals surface area contributed by atoms with Gasteiger partial charge in [0.2, 0.25) is 17.7 Å². The number of urea groups is 1. The predicted molar refractivity (Wildman–Crippen MR) is 315 cm³/mol. The number of benzene rings is 2. The summed E-state index contributed by atoms with van der Waals surface area (Å²) in [5.41, 5.74) is 0.924. The minimum atomic E-state index is -1.58. The van der Waals surface area contributed by atoms with Crippen LogP contribution in [0.4, 0.5) is 4.79 Å². The number of hydrogen-bond acceptors (Lipinski definition) is 19. The lowest BCUT2D eigenvalue weighted by Gasteiger charge is -2.35. The molecule has 34 nitrogen and oxygen atoms in total. The van der Waals surface area contributed by atoms with Gasteiger partial charge in [0.25, 0.3) is 11.8 Å². The Labute approximate surface area is 522 Å². The maximum atomic E-state index is 13.3. The van der Waals surface area contributed by atoms with Crippen molar-refractivity contribution in [3.05, 3.63) is 65.7 Å². The van der Waals surface area contributed by atoms with E-state index in [1.807, 2.05) is 5.32 Å². The Morgan fingerprint density at radius 3 is 1.40 bits per heavy atom. The van der Waals surface area contributed by atoms with Crippen LogP contribution in [-0.2, 0) is 64.0 Å². The fourth-order valence-corrected chi connectivity index (χ4v) is 9.29. The minimum absolute atomic E-state index is 0.0203. The number of carbonyl (C=O) groups is 14. The molecule has 3 rings (SSSR count). The zero-order valence-corrected chi connectivity index (χ0v) is 50.0. The van der Waals surface area contributed by atoms with Crippen LogP contribution >= 0.6 is 0 Å². The standard InChI is InChI=1S/C57H81N11O23/c69-44(18-17-43(56(88)89)68-28-26-66(33-49(76)77)24-22-65(32-48(74)75)23-25-67(27-29-68)34-50(78)79)60-31-45(70)61-39(53(82)83)10-4-6-20-58-51(80)37-12-14-38(15-13-37)91-35-46(71)62-42(30-36-8-2-1-3-9-36)52(81)59-21-7-5-11-40(54(84)85)63-57(90)64-41(55(86)87)16-19-47(72)73/h1-3,8-9,12-15,39-43H,4-7,10-11,16-35H2,(H,58,80)(H,59,81)(H,60,69)(H,61,70)(H,62,71)(H,72,73)(H,74,75)(H,76,77)(H,78,79)(H,82,83)(H,84,85)(H,86,87)(H,88,89)(H2,63,64,90)/t39-,40-,41-,42-,43?/m0/s1. The largest absolute Gasteiger partial charge is 0.484 e. The smallest absolute Gasteiger partial charge is 0.326 e. The SMILES string of the molecule is O=C(O)CC[C@H](NC(=O)N[C@@H](CCCCNC(=O)[C@H](Cc1ccccc1)NC(=O)COc1ccc(C(=O)NCCCC[C@H](NC(=O)CNC(=O)CCC(C(=O)O)N2CCN(CC(=O)O)CCN(CC(=O)O)CCN(CC(=O)O)CC2)C(=O)O)cc1)C(=O)O)C(=O)O. The summed E-state index contributed by atoms with van der Waals surface area (Å²) < 4.78 is 5.61. The van der Waals surface area contributed by atoms with Crippen LogP contribution in [0, 0.1) is 0 Å². The van der Waals surface area contributed by atoms with Crippen LogP contribution in [0.2, 0.25) is 0 Å². The number of carbonyl (C=O) groups excluding carboxylic acids is 6. The van der Waals surface area contributed by atoms with Crippen molar-refractivity contribution >= 4 is 83.3 Å². The maximum absolute atomic E-state index is 13.3. The third kappa shape index (κ3) is 32.0. The lowest BCUT2D eigenvalue weighted by atomic mass is 10.0. The molecule has 1 saturated heterocycles. The lowest BCUT2D eigenvalue weighted by molar-refractivity contribution is -0.145. The van der Waals surface area contributed by atoms with Crippen LogP contribution in [0.25, 0.3) is 0 Å². The first-order chi connectivity index (χ1) is 43.2. The Kier molecular flexibility index (Phi) is 34.0. The van der Waals surface area contributed by atoms with Crippen LogP contribution in [0.3, 0.4) is 0 Å². The molecule has 1 aliphatic heterocycles. The molecule has 0 aromatic heterocycles. The summed E-state index contributed by atoms with van der Waals surface area (Å²) in [6.07, 6.45) is -0.833. The normalized spacial score (nSPS) is 15.2. The molecule has 1 unspecified atom stereocenters. The van der Waals surface area contributed by atoms with Gasteiger partial charge in [-0.3, -0.25) is 67.5 Å². The third-order valence-electron chi connectivity index (χ3n) is 14.1. The van der Waals surface area contributed by atoms with Crippen molar-refractivity contribution in [1.29, 1.82) is 0 Å². The van der Waals surface area contributed by atoms with Gasteiger partial charge in [-0.25, -0.2) is 19.2 Å². The third-order valence-corrected chi connectivity index (χ3v) is 14.1. The van der Waals surface area contributed by atoms with E-state index in [-0.39, 0.29) is 135 Å². The Bertz CT molecular complexity index is 2760. The van der Waals surface area contributed by atoms with Crippen molar-refractivity contribution in [2.45, 2.75) is 101 Å². The van der Waals surface area contributed by atoms with Gasteiger partial charge in [-0.2, -0.15) is 0 Å². The second kappa shape index (κ2) is 40.9. The Morgan fingerprint density at radius 2 is 0.912 bits per heavy atom. The number of carboxylic acid groups (broad SMARTS) is 8. The summed E-state index contributed by atoms with van der Waals surface area (Å²) in [7, 11) is 0. The maximum Gasteiger partial charge on any atom is 0.326 e. The highest BCUT2D eigenvalue weighted by atomic mass is 16.5. The lowest BCUT2D eigenvalue weighted by Crippen LogP contribution is -2.52. The zero-order chi connectivity index (χ0) is 67.4. The molecule has 0 radical (unpaired) electrons. The van der Waals surface area contributed by atoms with Crippen molar-refractivity contribution in [2.24, 2.45) is 0 Å². The van der Waals surface area contributed by atoms with Crippen molar-refractivity contribution in [3.8, 4) is 5.75 Å². The van der Waals surface area contributed by atoms with E-state index in [1.165, 1.54) is 39.0 Å². The second-order valence-corrected chi connectivity index (χ2v) is 21.2. The fraction of sp³-hybridized carbons (Fsp3) is 0.544. The summed E-state index contributed by atoms with van der Waals surface area (Å²) in [4.78, 5) is 177. The molecule has 7 amide bonds. The van der Waals surface area contributed by atoms with E-state index < -0.39 is 159 Å². The van der Waals surface area contributed by atoms with Gasteiger partial charge < -0.3 is 82.8 Å². The van der Waals surface area contributed by atoms with E-state index >= 15 is 0 Å². The molecule has 15 N–H and O–H groups in total. The van der Waals surface area contributed by atoms with Crippen LogP contribution in [-0.4, -0.2) is 272 Å². The van der Waals surface area contributed by atoms with Gasteiger partial charge in [-0.05, 0) is 81.2 Å². The van der Waals surface area contributed by atoms with Gasteiger partial charge in [0, 0.05) is 90.3 Å². The van der Waals surface area contributed by atoms with Crippen LogP contribution < -0.4 is 42.0 Å². The topological polar surface area (TPSA) is 507 Å². The van der Waals surface area contributed by atoms with Crippen LogP contribution in [0.1, 0.15) is 80.1 Å². The molecular formula is C57H81N11O23. The van der Waals surface area contributed by atoms with Gasteiger partial charge in [-0.15, -0.1) is 0 Å². The number of aliphatic carboxylic acids is 8. The molecule has 0 saturated carbocycles. The van der Waals surface area contributed by atoms with E-state index in [4.69, 9.17) is 9.84 Å². The van der Waals surface area contributed by atoms with E-state index in [9.17, 15) is 103 Å². The van der Waals surface area contributed by atoms with Crippen molar-refractivity contribution in [2.75, 3.05) is 98.2 Å². The summed E-state index contributed by atoms with van der Waals surface area (Å²) in [5, 5.41) is 93.1. The number of ether oxygens (including phenoxy) is 1. The number of nitrogens with one attached hydrogen (secondary N) is 7. The molecule has 1 heterocycles. The van der Waals surface area contributed by atoms with Crippen molar-refractivity contribution in [1.82, 2.24) is 56.8 Å². The molecule has 0 aliphatic carbocycles. The number of amides is 7. The molecule has 5 atom stereocenters. The number of unbranched alkanes of at least 4 members (excludes halogenated alkanes) is 2. The van der Waals surface area contributed by atoms with Crippen molar-refractivity contribution in [3.63, 3.8) is 0 Å². The average Bonchev–Trinajstić information content (AvgIpc) is 2.07. The second-order valence-electron chi connectivity index (χ2n) is 21.2. The molecule has 0 bridgehead atoms. The minimum Gasteiger partial charge on any atom is -0.484 e. The number of hydrogen-bond donors (Lipinski definition) is 15. The highest BCUT2D eigenvalue weighted by molar-refractivity contribution is 5.94. The van der Waals surface area contributed by atoms with Gasteiger partial charge in [-0.1, -0.05) is 30.3 Å². The Morgan fingerprint density at radius 1 is 0.440 bits per heavy atom. The van der Waals surface area contributed by atoms with E-state index in [2.05, 4.69) is 31.9 Å². The summed E-state index contributed by atoms with van der Waals surface area (Å²) in [6, 6.07) is 6.57. The van der Waals surface area contributed by atoms with E-state index in [0.717, 1.165) is 0 Å². The first kappa shape index (κ1) is 75.7. The molecule has 34 heteroatoms. The van der Waals surface area contributed by atoms with Crippen LogP contribution in [0.15, 0.2) is 54.6 Å². The predicted octanol–water partition coefficient (Wildman–Crippen LogP) is -2.56. The van der Waals surface area contributed by atoms with E-state index in [0.29, 0.717) is 5.56 Å². The highest BCUT2D eigenvalue weighted by Crippen LogP contribution is 2.15. The first-order valence-electron chi connectivity index (χ1n) is 29.1. The van der Waals surface area contributed by atoms with Crippen molar-refractivity contribution < 1.29 is 113 Å². The number of nitrogens with zero attached hydrogens (tertiary/aromatic N) is 4. The summed E-state index contributed by atoms with van der Waals surface area (Å²) >= 11 is 0. The molecular weight excluding hydrogens is 1210 g/mol. The zero-order valence-electron chi connectivity index (χ0n) is 50.0. The highest BCUT2D eigenvalue weighted by Gasteiger charge is 2.30. The van der Waals surface area contributed by atoms with Gasteiger partial charge in [0.1, 0.15) is 36.0 Å². The quantitative estimate of drug-likeness (QED) is 0.0305. The summed E-state index contributed by atoms with van der Waals surface area (Å²) in [6.45, 7) is -1.81. The van der Waals surface area contributed by atoms with Gasteiger partial charge >= 0.3 is 53.8 Å². The average molecular weight is 1290 g/mol. The number of carboxylic acids is 8. The molecule has 1 fully saturated rings. The molecule has 2 aromatic carbocycles. The fourth-order valence-electron chi connectivity index (χ4n) is 9.29. The molecule has 0 spiro atoms. The molecule has 502 valence electrons. The van der Waals surface area contributed by atoms with Gasteiger partial charge in [0.05, 0.1) is 26.2 Å². The van der Waals surface area contributed by atoms with Crippen LogP contribution in [0.5, 0.6) is 5.75 Å². The summed E-state index contributed by atoms with van der Waals surface area (Å²) in [5.74, 6) is -13.5. The first-order valence-corrected chi connectivity index (χ1v) is 29.1. The Hall–Kier alpha value is -9.54. The van der Waals surface area contributed by atoms with E-state index in [1.54, 1.807) is 35.2 Å².